The van der Waals surface area contributed by atoms with Crippen LogP contribution in [0.5, 0.6) is 0 Å². The van der Waals surface area contributed by atoms with Crippen LogP contribution in [0.15, 0.2) is 113 Å². The van der Waals surface area contributed by atoms with Crippen molar-refractivity contribution in [3.8, 4) is 11.1 Å². The van der Waals surface area contributed by atoms with Gasteiger partial charge in [-0.15, -0.1) is 0 Å². The SMILES string of the molecule is CCC[N+]1(C)N=C(C(C)C)C(C(=O)OCc2cccc(C(=O)c3ccccc3)c2)=C1c1ccc(-c2ccccc2S(=O)(=O)NC(=O)OC(C)(C)C)c(F)c1. The van der Waals surface area contributed by atoms with Crippen molar-refractivity contribution in [3.05, 3.63) is 131 Å². The number of ketones is 1. The second-order valence-electron chi connectivity index (χ2n) is 14.5. The van der Waals surface area contributed by atoms with Crippen LogP contribution in [0.4, 0.5) is 9.18 Å². The Morgan fingerprint density at radius 2 is 1.54 bits per heavy atom. The first kappa shape index (κ1) is 39.7. The van der Waals surface area contributed by atoms with Gasteiger partial charge < -0.3 is 9.47 Å². The Bertz CT molecular complexity index is 2260. The van der Waals surface area contributed by atoms with Crippen LogP contribution < -0.4 is 4.72 Å². The summed E-state index contributed by atoms with van der Waals surface area (Å²) in [5.74, 6) is -1.75. The van der Waals surface area contributed by atoms with Crippen LogP contribution in [0.3, 0.4) is 0 Å². The summed E-state index contributed by atoms with van der Waals surface area (Å²) in [7, 11) is -2.63. The molecule has 4 aromatic carbocycles. The third-order valence-corrected chi connectivity index (χ3v) is 10.0. The summed E-state index contributed by atoms with van der Waals surface area (Å²) < 4.78 is 55.9. The van der Waals surface area contributed by atoms with E-state index < -0.39 is 33.5 Å². The molecule has 1 atom stereocenters. The third kappa shape index (κ3) is 8.83. The molecule has 1 aliphatic heterocycles. The van der Waals surface area contributed by atoms with E-state index in [0.29, 0.717) is 46.6 Å². The lowest BCUT2D eigenvalue weighted by Gasteiger charge is -2.26. The minimum Gasteiger partial charge on any atom is -0.457 e. The molecule has 1 amide bonds. The number of sulfonamides is 1. The van der Waals surface area contributed by atoms with E-state index in [1.54, 1.807) is 81.4 Å². The first-order valence-electron chi connectivity index (χ1n) is 17.7. The average molecular weight is 755 g/mol. The summed E-state index contributed by atoms with van der Waals surface area (Å²) in [6.07, 6.45) is -0.474. The number of nitrogens with one attached hydrogen (secondary N) is 1. The highest BCUT2D eigenvalue weighted by Crippen LogP contribution is 2.40. The quantitative estimate of drug-likeness (QED) is 0.0876. The Balaban J connectivity index is 1.51. The number of halogens is 1. The van der Waals surface area contributed by atoms with Crippen molar-refractivity contribution in [2.24, 2.45) is 11.0 Å². The maximum Gasteiger partial charge on any atom is 0.421 e. The van der Waals surface area contributed by atoms with Crippen molar-refractivity contribution in [2.75, 3.05) is 13.6 Å². The zero-order valence-corrected chi connectivity index (χ0v) is 32.3. The number of rotatable bonds is 12. The largest absolute Gasteiger partial charge is 0.457 e. The van der Waals surface area contributed by atoms with E-state index in [-0.39, 0.29) is 44.5 Å². The summed E-state index contributed by atoms with van der Waals surface area (Å²) in [6.45, 7) is 11.0. The first-order valence-corrected chi connectivity index (χ1v) is 19.1. The maximum atomic E-state index is 16.3. The van der Waals surface area contributed by atoms with Crippen LogP contribution >= 0.6 is 0 Å². The number of benzene rings is 4. The molecule has 0 saturated heterocycles. The molecule has 5 rings (SSSR count). The molecule has 282 valence electrons. The minimum atomic E-state index is -4.47. The van der Waals surface area contributed by atoms with Crippen LogP contribution in [0, 0.1) is 11.7 Å². The highest BCUT2D eigenvalue weighted by molar-refractivity contribution is 7.90. The van der Waals surface area contributed by atoms with E-state index in [1.165, 1.54) is 30.3 Å². The Morgan fingerprint density at radius 3 is 2.19 bits per heavy atom. The smallest absolute Gasteiger partial charge is 0.421 e. The predicted molar refractivity (Wildman–Crippen MR) is 205 cm³/mol. The number of esters is 1. The molecule has 1 N–H and O–H groups in total. The molecular formula is C42H45FN3O7S+. The Labute approximate surface area is 315 Å². The van der Waals surface area contributed by atoms with Crippen molar-refractivity contribution in [1.29, 1.82) is 0 Å². The fraction of sp³-hybridized carbons (Fsp3) is 0.286. The van der Waals surface area contributed by atoms with E-state index in [4.69, 9.17) is 14.6 Å². The zero-order chi connectivity index (χ0) is 39.4. The second kappa shape index (κ2) is 15.9. The molecule has 1 aliphatic rings. The Kier molecular flexibility index (Phi) is 11.7. The van der Waals surface area contributed by atoms with Crippen molar-refractivity contribution in [2.45, 2.75) is 65.1 Å². The molecule has 54 heavy (non-hydrogen) atoms. The van der Waals surface area contributed by atoms with Crippen molar-refractivity contribution < 1.29 is 41.3 Å². The molecule has 0 fully saturated rings. The van der Waals surface area contributed by atoms with E-state index in [0.717, 1.165) is 0 Å². The number of nitrogens with zero attached hydrogens (tertiary/aromatic N) is 2. The van der Waals surface area contributed by atoms with Gasteiger partial charge in [-0.3, -0.25) is 4.79 Å². The van der Waals surface area contributed by atoms with Gasteiger partial charge in [0.1, 0.15) is 30.3 Å². The number of carbonyl (C=O) groups is 3. The van der Waals surface area contributed by atoms with Crippen LogP contribution in [-0.4, -0.2) is 55.8 Å². The van der Waals surface area contributed by atoms with Gasteiger partial charge in [-0.25, -0.2) is 27.1 Å². The fourth-order valence-corrected chi connectivity index (χ4v) is 7.47. The summed E-state index contributed by atoms with van der Waals surface area (Å²) in [4.78, 5) is 39.3. The van der Waals surface area contributed by atoms with E-state index in [1.807, 2.05) is 38.6 Å². The van der Waals surface area contributed by atoms with Gasteiger partial charge in [0.05, 0.1) is 11.9 Å². The average Bonchev–Trinajstić information content (AvgIpc) is 3.43. The molecule has 4 aromatic rings. The third-order valence-electron chi connectivity index (χ3n) is 8.63. The molecule has 0 saturated carbocycles. The molecule has 0 aromatic heterocycles. The van der Waals surface area contributed by atoms with Crippen molar-refractivity contribution in [3.63, 3.8) is 0 Å². The normalized spacial score (nSPS) is 15.9. The molecule has 0 aliphatic carbocycles. The number of carbonyl (C=O) groups excluding carboxylic acids is 3. The number of quaternary nitrogens is 1. The maximum absolute atomic E-state index is 16.3. The lowest BCUT2D eigenvalue weighted by molar-refractivity contribution is -0.844. The molecule has 0 bridgehead atoms. The van der Waals surface area contributed by atoms with Gasteiger partial charge in [0.25, 0.3) is 10.0 Å². The Morgan fingerprint density at radius 1 is 0.870 bits per heavy atom. The van der Waals surface area contributed by atoms with Crippen LogP contribution in [-0.2, 0) is 30.9 Å². The van der Waals surface area contributed by atoms with Crippen molar-refractivity contribution >= 4 is 39.3 Å². The fourth-order valence-electron chi connectivity index (χ4n) is 6.37. The summed E-state index contributed by atoms with van der Waals surface area (Å²) in [6, 6.07) is 25.9. The lowest BCUT2D eigenvalue weighted by Crippen LogP contribution is -2.36. The number of amides is 1. The molecule has 1 heterocycles. The van der Waals surface area contributed by atoms with Gasteiger partial charge in [-0.1, -0.05) is 98.7 Å². The number of hydrogen-bond acceptors (Lipinski definition) is 8. The molecule has 0 spiro atoms. The predicted octanol–water partition coefficient (Wildman–Crippen LogP) is 8.27. The van der Waals surface area contributed by atoms with Gasteiger partial charge in [0.15, 0.2) is 17.1 Å². The van der Waals surface area contributed by atoms with E-state index in [2.05, 4.69) is 0 Å². The summed E-state index contributed by atoms with van der Waals surface area (Å²) >= 11 is 0. The van der Waals surface area contributed by atoms with Gasteiger partial charge in [-0.05, 0) is 57.0 Å². The molecule has 1 unspecified atom stereocenters. The first-order chi connectivity index (χ1) is 25.4. The van der Waals surface area contributed by atoms with E-state index in [9.17, 15) is 22.8 Å². The van der Waals surface area contributed by atoms with Gasteiger partial charge in [-0.2, -0.15) is 4.59 Å². The van der Waals surface area contributed by atoms with Gasteiger partial charge in [0.2, 0.25) is 0 Å². The standard InChI is InChI=1S/C42H44FN3O7S/c1-8-23-46(7)38(30-21-22-32(34(43)25-30)33-19-12-13-20-35(33)54(50,51)45-41(49)53-42(4,5)6)36(37(44-46)27(2)3)40(48)52-26-28-15-14-18-31(24-28)39(47)29-16-10-9-11-17-29/h9-22,24-25,27H,8,23,26H2,1-7H3/p+1. The van der Waals surface area contributed by atoms with Crippen molar-refractivity contribution in [1.82, 2.24) is 4.72 Å². The summed E-state index contributed by atoms with van der Waals surface area (Å²) in [5, 5.41) is 4.99. The number of ether oxygens (including phenoxy) is 2. The van der Waals surface area contributed by atoms with Crippen LogP contribution in [0.25, 0.3) is 16.8 Å². The van der Waals surface area contributed by atoms with E-state index >= 15 is 4.39 Å². The lowest BCUT2D eigenvalue weighted by atomic mass is 9.94. The zero-order valence-electron chi connectivity index (χ0n) is 31.5. The van der Waals surface area contributed by atoms with Crippen LogP contribution in [0.1, 0.15) is 75.0 Å². The topological polar surface area (TPSA) is 128 Å². The molecule has 0 radical (unpaired) electrons. The van der Waals surface area contributed by atoms with Crippen LogP contribution in [0.2, 0.25) is 0 Å². The molecular weight excluding hydrogens is 710 g/mol. The Hall–Kier alpha value is -5.46. The minimum absolute atomic E-state index is 0.0237. The molecule has 12 heteroatoms. The second-order valence-corrected chi connectivity index (χ2v) is 16.1. The highest BCUT2D eigenvalue weighted by Gasteiger charge is 2.45. The highest BCUT2D eigenvalue weighted by atomic mass is 32.2. The monoisotopic (exact) mass is 754 g/mol. The summed E-state index contributed by atoms with van der Waals surface area (Å²) in [5.41, 5.74) is 2.18. The van der Waals surface area contributed by atoms with Gasteiger partial charge in [0, 0.05) is 33.7 Å². The van der Waals surface area contributed by atoms with Gasteiger partial charge >= 0.3 is 12.1 Å². The number of hydrogen-bond donors (Lipinski definition) is 1. The molecule has 10 nitrogen and oxygen atoms in total.